The number of carbonyl (C=O) groups is 2. The van der Waals surface area contributed by atoms with Gasteiger partial charge in [0.15, 0.2) is 11.2 Å². The number of thiophene rings is 1. The molecule has 1 amide bonds. The number of fused-ring (bicyclic) bond motifs is 4. The minimum Gasteiger partial charge on any atom is -0.465 e. The van der Waals surface area contributed by atoms with Gasteiger partial charge in [0.25, 0.3) is 0 Å². The summed E-state index contributed by atoms with van der Waals surface area (Å²) in [6.45, 7) is 1.75. The Hall–Kier alpha value is -3.75. The third-order valence-electron chi connectivity index (χ3n) is 5.13. The number of anilines is 1. The molecule has 2 aliphatic rings. The summed E-state index contributed by atoms with van der Waals surface area (Å²) in [6, 6.07) is 9.14. The van der Waals surface area contributed by atoms with Crippen LogP contribution in [0.3, 0.4) is 0 Å². The lowest BCUT2D eigenvalue weighted by molar-refractivity contribution is -0.120. The summed E-state index contributed by atoms with van der Waals surface area (Å²) < 4.78 is 10.6. The average Bonchev–Trinajstić information content (AvgIpc) is 3.16. The zero-order valence-electron chi connectivity index (χ0n) is 15.6. The minimum absolute atomic E-state index is 0.0281. The van der Waals surface area contributed by atoms with E-state index in [1.165, 1.54) is 23.3 Å². The Balaban J connectivity index is 2.14. The first kappa shape index (κ1) is 18.6. The number of ether oxygens (including phenoxy) is 2. The van der Waals surface area contributed by atoms with Crippen molar-refractivity contribution in [1.29, 1.82) is 5.26 Å². The molecule has 144 valence electrons. The number of nitrogens with zero attached hydrogens (tertiary/aromatic N) is 2. The zero-order valence-corrected chi connectivity index (χ0v) is 16.4. The summed E-state index contributed by atoms with van der Waals surface area (Å²) >= 11 is 1.20. The zero-order chi connectivity index (χ0) is 20.9. The normalized spacial score (nSPS) is 19.3. The molecular weight excluding hydrogens is 390 g/mol. The van der Waals surface area contributed by atoms with Gasteiger partial charge in [0.1, 0.15) is 17.2 Å². The molecule has 8 heteroatoms. The Bertz CT molecular complexity index is 1200. The lowest BCUT2D eigenvalue weighted by Crippen LogP contribution is -2.45. The number of esters is 1. The van der Waals surface area contributed by atoms with Crippen molar-refractivity contribution in [2.75, 3.05) is 18.6 Å². The fourth-order valence-corrected chi connectivity index (χ4v) is 5.24. The quantitative estimate of drug-likeness (QED) is 0.607. The number of nitrogens with two attached hydrogens (primary N) is 1. The predicted octanol–water partition coefficient (Wildman–Crippen LogP) is 2.20. The topological polar surface area (TPSA) is 106 Å². The third-order valence-corrected chi connectivity index (χ3v) is 6.34. The molecule has 4 rings (SSSR count). The molecule has 0 fully saturated rings. The van der Waals surface area contributed by atoms with Crippen LogP contribution < -0.4 is 15.4 Å². The van der Waals surface area contributed by atoms with E-state index in [0.29, 0.717) is 21.0 Å². The first-order valence-corrected chi connectivity index (χ1v) is 9.40. The van der Waals surface area contributed by atoms with E-state index in [0.717, 1.165) is 0 Å². The van der Waals surface area contributed by atoms with Crippen molar-refractivity contribution in [2.24, 2.45) is 5.73 Å². The maximum Gasteiger partial charge on any atom is 0.342 e. The van der Waals surface area contributed by atoms with Crippen LogP contribution in [0, 0.1) is 30.6 Å². The molecule has 1 aromatic heterocycles. The summed E-state index contributed by atoms with van der Waals surface area (Å²) in [6.07, 6.45) is 5.49. The molecule has 0 radical (unpaired) electrons. The smallest absolute Gasteiger partial charge is 0.342 e. The van der Waals surface area contributed by atoms with Gasteiger partial charge in [-0.3, -0.25) is 9.69 Å². The van der Waals surface area contributed by atoms with Crippen LogP contribution in [0.15, 0.2) is 35.7 Å². The van der Waals surface area contributed by atoms with Gasteiger partial charge in [-0.1, -0.05) is 24.1 Å². The fraction of sp³-hybridized carbons (Fsp3) is 0.190. The Morgan fingerprint density at radius 1 is 1.45 bits per heavy atom. The first-order chi connectivity index (χ1) is 13.9. The van der Waals surface area contributed by atoms with E-state index in [1.54, 1.807) is 31.2 Å². The molecule has 0 bridgehead atoms. The number of rotatable bonds is 2. The number of methoxy groups -OCH3 is 1. The van der Waals surface area contributed by atoms with E-state index in [-0.39, 0.29) is 29.3 Å². The molecule has 2 aliphatic heterocycles. The first-order valence-electron chi connectivity index (χ1n) is 8.58. The van der Waals surface area contributed by atoms with Crippen molar-refractivity contribution in [1.82, 2.24) is 0 Å². The molecular formula is C21H15N3O4S. The van der Waals surface area contributed by atoms with Crippen LogP contribution in [0.25, 0.3) is 0 Å². The molecule has 0 saturated carbocycles. The van der Waals surface area contributed by atoms with Crippen molar-refractivity contribution in [3.63, 3.8) is 0 Å². The molecule has 1 aromatic carbocycles. The molecule has 0 saturated heterocycles. The highest BCUT2D eigenvalue weighted by molar-refractivity contribution is 7.13. The van der Waals surface area contributed by atoms with Gasteiger partial charge in [0, 0.05) is 16.1 Å². The van der Waals surface area contributed by atoms with E-state index in [9.17, 15) is 14.9 Å². The summed E-state index contributed by atoms with van der Waals surface area (Å²) in [5, 5.41) is 9.94. The minimum atomic E-state index is -1.53. The number of hydrogen-bond acceptors (Lipinski definition) is 7. The van der Waals surface area contributed by atoms with Crippen molar-refractivity contribution in [3.05, 3.63) is 56.6 Å². The second-order valence-electron chi connectivity index (χ2n) is 6.50. The van der Waals surface area contributed by atoms with E-state index >= 15 is 0 Å². The lowest BCUT2D eigenvalue weighted by Gasteiger charge is -2.32. The Morgan fingerprint density at radius 2 is 2.17 bits per heavy atom. The largest absolute Gasteiger partial charge is 0.465 e. The molecule has 2 aromatic rings. The van der Waals surface area contributed by atoms with E-state index < -0.39 is 17.3 Å². The van der Waals surface area contributed by atoms with Crippen molar-refractivity contribution < 1.29 is 19.1 Å². The van der Waals surface area contributed by atoms with Gasteiger partial charge in [0.05, 0.1) is 18.5 Å². The standard InChI is InChI=1S/C21H15N3O4S/c1-4-9-24-14-8-6-5-7-12(14)21(20(24)26)13(10-22)18(23)28-16-15(19(25)27-3)11(2)29-17(16)21/h1,5-8H,9,23H2,2-3H3/t21-/m1/s1. The number of nitriles is 1. The van der Waals surface area contributed by atoms with Crippen LogP contribution in [0.1, 0.15) is 25.7 Å². The van der Waals surface area contributed by atoms with Crippen LogP contribution in [0.5, 0.6) is 5.75 Å². The molecule has 1 atom stereocenters. The molecule has 0 unspecified atom stereocenters. The molecule has 2 N–H and O–H groups in total. The fourth-order valence-electron chi connectivity index (χ4n) is 3.97. The maximum absolute atomic E-state index is 13.8. The number of aryl methyl sites for hydroxylation is 1. The highest BCUT2D eigenvalue weighted by Gasteiger charge is 2.60. The molecule has 7 nitrogen and oxygen atoms in total. The molecule has 29 heavy (non-hydrogen) atoms. The number of benzene rings is 1. The number of terminal acetylenes is 1. The van der Waals surface area contributed by atoms with Crippen molar-refractivity contribution >= 4 is 28.9 Å². The SMILES string of the molecule is C#CCN1C(=O)[C@@]2(C(C#N)=C(N)Oc3c2sc(C)c3C(=O)OC)c2ccccc21. The van der Waals surface area contributed by atoms with Crippen LogP contribution in [0.2, 0.25) is 0 Å². The van der Waals surface area contributed by atoms with E-state index in [1.807, 2.05) is 0 Å². The van der Waals surface area contributed by atoms with Crippen LogP contribution in [-0.2, 0) is 14.9 Å². The summed E-state index contributed by atoms with van der Waals surface area (Å²) in [7, 11) is 1.26. The summed E-state index contributed by atoms with van der Waals surface area (Å²) in [5.41, 5.74) is 5.89. The molecule has 3 heterocycles. The van der Waals surface area contributed by atoms with Crippen LogP contribution >= 0.6 is 11.3 Å². The monoisotopic (exact) mass is 405 g/mol. The Labute approximate surface area is 170 Å². The number of carbonyl (C=O) groups excluding carboxylic acids is 2. The highest BCUT2D eigenvalue weighted by Crippen LogP contribution is 2.58. The van der Waals surface area contributed by atoms with E-state index in [2.05, 4.69) is 12.0 Å². The lowest BCUT2D eigenvalue weighted by atomic mass is 9.72. The van der Waals surface area contributed by atoms with Gasteiger partial charge in [-0.05, 0) is 13.0 Å². The Morgan fingerprint density at radius 3 is 2.83 bits per heavy atom. The van der Waals surface area contributed by atoms with Crippen molar-refractivity contribution in [3.8, 4) is 24.2 Å². The molecule has 0 aliphatic carbocycles. The average molecular weight is 405 g/mol. The molecule has 1 spiro atoms. The van der Waals surface area contributed by atoms with E-state index in [4.69, 9.17) is 21.6 Å². The van der Waals surface area contributed by atoms with Gasteiger partial charge in [-0.15, -0.1) is 17.8 Å². The number of hydrogen-bond donors (Lipinski definition) is 1. The summed E-state index contributed by atoms with van der Waals surface area (Å²) in [4.78, 5) is 28.6. The van der Waals surface area contributed by atoms with Gasteiger partial charge in [-0.25, -0.2) is 4.79 Å². The van der Waals surface area contributed by atoms with Crippen LogP contribution in [-0.4, -0.2) is 25.5 Å². The van der Waals surface area contributed by atoms with Crippen LogP contribution in [0.4, 0.5) is 5.69 Å². The maximum atomic E-state index is 13.8. The number of para-hydroxylation sites is 1. The highest BCUT2D eigenvalue weighted by atomic mass is 32.1. The third kappa shape index (κ3) is 2.18. The van der Waals surface area contributed by atoms with Gasteiger partial charge < -0.3 is 15.2 Å². The predicted molar refractivity (Wildman–Crippen MR) is 106 cm³/mol. The van der Waals surface area contributed by atoms with Crippen molar-refractivity contribution in [2.45, 2.75) is 12.3 Å². The van der Waals surface area contributed by atoms with Gasteiger partial charge in [0.2, 0.25) is 11.8 Å². The second kappa shape index (κ2) is 6.40. The summed E-state index contributed by atoms with van der Waals surface area (Å²) in [5.74, 6) is 1.39. The number of amides is 1. The second-order valence-corrected chi connectivity index (χ2v) is 7.72. The Kier molecular flexibility index (Phi) is 4.11. The van der Waals surface area contributed by atoms with Gasteiger partial charge in [-0.2, -0.15) is 5.26 Å². The van der Waals surface area contributed by atoms with Gasteiger partial charge >= 0.3 is 5.97 Å².